The average Bonchev–Trinajstić information content (AvgIpc) is 3.35. The minimum Gasteiger partial charge on any atom is -0.393 e. The average molecular weight is 363 g/mol. The highest BCUT2D eigenvalue weighted by molar-refractivity contribution is 6.32. The predicted octanol–water partition coefficient (Wildman–Crippen LogP) is 2.59. The fourth-order valence-corrected chi connectivity index (χ4v) is 3.57. The van der Waals surface area contributed by atoms with E-state index < -0.39 is 0 Å². The standard InChI is InChI=1S/C17H23ClN6O/c1-24-14(8-10-2-3-10)16(22-23-24)15-13(18)9-19-17(21-15)20-11-4-6-12(25)7-5-11/h9-12,25H,2-8H2,1H3,(H,19,20,21)/t11-,12-. The van der Waals surface area contributed by atoms with Gasteiger partial charge in [-0.2, -0.15) is 0 Å². The molecular formula is C17H23ClN6O. The molecule has 0 amide bonds. The first-order chi connectivity index (χ1) is 12.1. The van der Waals surface area contributed by atoms with Crippen LogP contribution in [0.5, 0.6) is 0 Å². The monoisotopic (exact) mass is 362 g/mol. The second kappa shape index (κ2) is 6.88. The first kappa shape index (κ1) is 16.7. The number of anilines is 1. The lowest BCUT2D eigenvalue weighted by atomic mass is 9.93. The fourth-order valence-electron chi connectivity index (χ4n) is 3.39. The maximum Gasteiger partial charge on any atom is 0.223 e. The zero-order valence-corrected chi connectivity index (χ0v) is 15.1. The zero-order chi connectivity index (χ0) is 17.4. The number of aliphatic hydroxyl groups is 1. The highest BCUT2D eigenvalue weighted by Crippen LogP contribution is 2.36. The topological polar surface area (TPSA) is 88.8 Å². The van der Waals surface area contributed by atoms with Crippen LogP contribution in [0.25, 0.3) is 11.4 Å². The highest BCUT2D eigenvalue weighted by Gasteiger charge is 2.27. The molecule has 0 saturated heterocycles. The summed E-state index contributed by atoms with van der Waals surface area (Å²) in [6.07, 6.45) is 8.40. The van der Waals surface area contributed by atoms with Crippen LogP contribution in [-0.4, -0.2) is 42.2 Å². The van der Waals surface area contributed by atoms with E-state index in [1.54, 1.807) is 6.20 Å². The molecule has 0 bridgehead atoms. The number of aromatic nitrogens is 5. The van der Waals surface area contributed by atoms with E-state index in [2.05, 4.69) is 25.6 Å². The van der Waals surface area contributed by atoms with Gasteiger partial charge in [0.25, 0.3) is 0 Å². The van der Waals surface area contributed by atoms with Crippen molar-refractivity contribution in [1.82, 2.24) is 25.0 Å². The van der Waals surface area contributed by atoms with E-state index >= 15 is 0 Å². The summed E-state index contributed by atoms with van der Waals surface area (Å²) >= 11 is 6.36. The minimum atomic E-state index is -0.177. The van der Waals surface area contributed by atoms with Gasteiger partial charge in [0.05, 0.1) is 23.0 Å². The smallest absolute Gasteiger partial charge is 0.223 e. The van der Waals surface area contributed by atoms with Gasteiger partial charge in [-0.15, -0.1) is 5.10 Å². The number of aliphatic hydroxyl groups excluding tert-OH is 1. The van der Waals surface area contributed by atoms with Crippen LogP contribution in [0, 0.1) is 5.92 Å². The van der Waals surface area contributed by atoms with Crippen molar-refractivity contribution < 1.29 is 5.11 Å². The predicted molar refractivity (Wildman–Crippen MR) is 95.4 cm³/mol. The van der Waals surface area contributed by atoms with Crippen LogP contribution in [0.3, 0.4) is 0 Å². The van der Waals surface area contributed by atoms with Crippen molar-refractivity contribution in [3.63, 3.8) is 0 Å². The van der Waals surface area contributed by atoms with Crippen LogP contribution in [0.15, 0.2) is 6.20 Å². The number of nitrogens with zero attached hydrogens (tertiary/aromatic N) is 5. The quantitative estimate of drug-likeness (QED) is 0.849. The van der Waals surface area contributed by atoms with Gasteiger partial charge in [-0.1, -0.05) is 16.8 Å². The molecule has 0 spiro atoms. The molecule has 25 heavy (non-hydrogen) atoms. The van der Waals surface area contributed by atoms with Crippen LogP contribution >= 0.6 is 11.6 Å². The van der Waals surface area contributed by atoms with Gasteiger partial charge in [0, 0.05) is 13.1 Å². The highest BCUT2D eigenvalue weighted by atomic mass is 35.5. The van der Waals surface area contributed by atoms with Crippen LogP contribution in [-0.2, 0) is 13.5 Å². The third kappa shape index (κ3) is 3.77. The fraction of sp³-hybridized carbons (Fsp3) is 0.647. The van der Waals surface area contributed by atoms with Gasteiger partial charge >= 0.3 is 0 Å². The third-order valence-corrected chi connectivity index (χ3v) is 5.40. The Hall–Kier alpha value is -1.73. The Bertz CT molecular complexity index is 752. The third-order valence-electron chi connectivity index (χ3n) is 5.12. The first-order valence-corrected chi connectivity index (χ1v) is 9.34. The van der Waals surface area contributed by atoms with E-state index in [1.807, 2.05) is 11.7 Å². The summed E-state index contributed by atoms with van der Waals surface area (Å²) in [6, 6.07) is 0.283. The SMILES string of the molecule is Cn1nnc(-c2nc(N[C@H]3CC[C@H](O)CC3)ncc2Cl)c1CC1CC1. The molecule has 0 aliphatic heterocycles. The molecule has 134 valence electrons. The molecule has 0 radical (unpaired) electrons. The van der Waals surface area contributed by atoms with Crippen molar-refractivity contribution in [2.24, 2.45) is 13.0 Å². The van der Waals surface area contributed by atoms with Gasteiger partial charge in [0.15, 0.2) is 0 Å². The molecule has 2 fully saturated rings. The number of halogens is 1. The van der Waals surface area contributed by atoms with Gasteiger partial charge < -0.3 is 10.4 Å². The molecule has 7 nitrogen and oxygen atoms in total. The lowest BCUT2D eigenvalue weighted by Crippen LogP contribution is -2.29. The number of aryl methyl sites for hydroxylation is 1. The molecule has 8 heteroatoms. The molecule has 2 aliphatic carbocycles. The summed E-state index contributed by atoms with van der Waals surface area (Å²) in [5.41, 5.74) is 2.47. The van der Waals surface area contributed by atoms with E-state index in [0.717, 1.165) is 49.4 Å². The molecule has 2 aromatic heterocycles. The van der Waals surface area contributed by atoms with Crippen molar-refractivity contribution in [3.05, 3.63) is 16.9 Å². The van der Waals surface area contributed by atoms with Gasteiger partial charge in [-0.25, -0.2) is 9.97 Å². The van der Waals surface area contributed by atoms with Crippen LogP contribution in [0.2, 0.25) is 5.02 Å². The molecule has 2 saturated carbocycles. The lowest BCUT2D eigenvalue weighted by molar-refractivity contribution is 0.126. The van der Waals surface area contributed by atoms with E-state index in [-0.39, 0.29) is 12.1 Å². The summed E-state index contributed by atoms with van der Waals surface area (Å²) in [5, 5.41) is 22.0. The summed E-state index contributed by atoms with van der Waals surface area (Å²) in [6.45, 7) is 0. The Morgan fingerprint density at radius 1 is 1.20 bits per heavy atom. The number of hydrogen-bond acceptors (Lipinski definition) is 6. The summed E-state index contributed by atoms with van der Waals surface area (Å²) in [4.78, 5) is 8.94. The zero-order valence-electron chi connectivity index (χ0n) is 14.3. The molecule has 2 aromatic rings. The van der Waals surface area contributed by atoms with Crippen LogP contribution in [0.1, 0.15) is 44.2 Å². The molecule has 4 rings (SSSR count). The second-order valence-electron chi connectivity index (χ2n) is 7.20. The number of hydrogen-bond donors (Lipinski definition) is 2. The number of nitrogens with one attached hydrogen (secondary N) is 1. The summed E-state index contributed by atoms with van der Waals surface area (Å²) < 4.78 is 1.82. The largest absolute Gasteiger partial charge is 0.393 e. The van der Waals surface area contributed by atoms with Crippen LogP contribution in [0.4, 0.5) is 5.95 Å². The lowest BCUT2D eigenvalue weighted by Gasteiger charge is -2.26. The van der Waals surface area contributed by atoms with Gasteiger partial charge in [-0.05, 0) is 50.9 Å². The van der Waals surface area contributed by atoms with Crippen molar-refractivity contribution in [3.8, 4) is 11.4 Å². The van der Waals surface area contributed by atoms with Crippen LogP contribution < -0.4 is 5.32 Å². The van der Waals surface area contributed by atoms with Crippen molar-refractivity contribution in [2.75, 3.05) is 5.32 Å². The van der Waals surface area contributed by atoms with Crippen molar-refractivity contribution in [2.45, 2.75) is 57.1 Å². The molecule has 2 heterocycles. The molecule has 0 aromatic carbocycles. The first-order valence-electron chi connectivity index (χ1n) is 8.96. The maximum atomic E-state index is 9.64. The Morgan fingerprint density at radius 3 is 2.68 bits per heavy atom. The molecule has 2 aliphatic rings. The Kier molecular flexibility index (Phi) is 4.60. The van der Waals surface area contributed by atoms with Gasteiger partial charge in [-0.3, -0.25) is 4.68 Å². The van der Waals surface area contributed by atoms with Gasteiger partial charge in [0.1, 0.15) is 11.4 Å². The minimum absolute atomic E-state index is 0.177. The van der Waals surface area contributed by atoms with E-state index in [0.29, 0.717) is 16.7 Å². The Labute approximate surface area is 151 Å². The van der Waals surface area contributed by atoms with E-state index in [9.17, 15) is 5.11 Å². The second-order valence-corrected chi connectivity index (χ2v) is 7.60. The van der Waals surface area contributed by atoms with E-state index in [4.69, 9.17) is 11.6 Å². The maximum absolute atomic E-state index is 9.64. The summed E-state index contributed by atoms with van der Waals surface area (Å²) in [5.74, 6) is 1.28. The molecule has 0 atom stereocenters. The van der Waals surface area contributed by atoms with Gasteiger partial charge in [0.2, 0.25) is 5.95 Å². The Morgan fingerprint density at radius 2 is 1.96 bits per heavy atom. The molecular weight excluding hydrogens is 340 g/mol. The van der Waals surface area contributed by atoms with Crippen molar-refractivity contribution >= 4 is 17.5 Å². The Balaban J connectivity index is 1.57. The normalized spacial score (nSPS) is 23.6. The molecule has 2 N–H and O–H groups in total. The van der Waals surface area contributed by atoms with E-state index in [1.165, 1.54) is 12.8 Å². The van der Waals surface area contributed by atoms with Crippen molar-refractivity contribution in [1.29, 1.82) is 0 Å². The summed E-state index contributed by atoms with van der Waals surface area (Å²) in [7, 11) is 1.91. The number of rotatable bonds is 5. The molecule has 0 unspecified atom stereocenters.